The summed E-state index contributed by atoms with van der Waals surface area (Å²) in [5, 5.41) is 0. The van der Waals surface area contributed by atoms with E-state index >= 15 is 0 Å². The zero-order valence-electron chi connectivity index (χ0n) is 6.26. The average molecular weight is 136 g/mol. The highest BCUT2D eigenvalue weighted by Crippen LogP contribution is 2.22. The van der Waals surface area contributed by atoms with E-state index in [9.17, 15) is 4.79 Å². The lowest BCUT2D eigenvalue weighted by atomic mass is 9.95. The minimum absolute atomic E-state index is 0.873. The van der Waals surface area contributed by atoms with Gasteiger partial charge < -0.3 is 0 Å². The predicted octanol–water partition coefficient (Wildman–Crippen LogP) is 2.24. The van der Waals surface area contributed by atoms with Gasteiger partial charge in [-0.1, -0.05) is 11.6 Å². The van der Waals surface area contributed by atoms with Crippen molar-refractivity contribution in [1.29, 1.82) is 0 Å². The van der Waals surface area contributed by atoms with Crippen molar-refractivity contribution in [2.45, 2.75) is 26.2 Å². The van der Waals surface area contributed by atoms with Crippen LogP contribution >= 0.6 is 0 Å². The highest BCUT2D eigenvalue weighted by Gasteiger charge is 2.03. The monoisotopic (exact) mass is 136 g/mol. The molecule has 0 aromatic carbocycles. The van der Waals surface area contributed by atoms with Gasteiger partial charge in [-0.3, -0.25) is 4.79 Å². The van der Waals surface area contributed by atoms with E-state index < -0.39 is 0 Å². The number of aldehydes is 1. The fraction of sp³-hybridized carbons (Fsp3) is 0.444. The molecule has 0 unspecified atom stereocenters. The molecule has 0 aromatic rings. The second-order valence-corrected chi connectivity index (χ2v) is 2.61. The van der Waals surface area contributed by atoms with Crippen molar-refractivity contribution in [3.8, 4) is 0 Å². The summed E-state index contributed by atoms with van der Waals surface area (Å²) in [6.45, 7) is 2.06. The summed E-state index contributed by atoms with van der Waals surface area (Å²) in [5.41, 5.74) is 2.49. The molecule has 0 atom stereocenters. The van der Waals surface area contributed by atoms with Crippen LogP contribution in [0.25, 0.3) is 0 Å². The van der Waals surface area contributed by atoms with Crippen LogP contribution in [0.5, 0.6) is 0 Å². The van der Waals surface area contributed by atoms with Crippen molar-refractivity contribution in [2.24, 2.45) is 0 Å². The fourth-order valence-electron chi connectivity index (χ4n) is 1.24. The molecule has 1 aliphatic carbocycles. The third-order valence-corrected chi connectivity index (χ3v) is 1.88. The molecule has 0 radical (unpaired) electrons. The minimum atomic E-state index is 0.873. The van der Waals surface area contributed by atoms with Gasteiger partial charge in [0, 0.05) is 0 Å². The summed E-state index contributed by atoms with van der Waals surface area (Å²) < 4.78 is 0. The van der Waals surface area contributed by atoms with Crippen LogP contribution in [0.3, 0.4) is 0 Å². The largest absolute Gasteiger partial charge is 0.299 e. The highest BCUT2D eigenvalue weighted by atomic mass is 16.1. The second-order valence-electron chi connectivity index (χ2n) is 2.61. The van der Waals surface area contributed by atoms with Gasteiger partial charge in [-0.15, -0.1) is 0 Å². The van der Waals surface area contributed by atoms with Crippen LogP contribution in [0.1, 0.15) is 26.2 Å². The standard InChI is InChI=1S/C9H12O/c1-8-4-2-3-5-9(8)6-7-10/h4,6-7H,2-3,5H2,1H3/b9-6+. The molecule has 0 bridgehead atoms. The zero-order valence-corrected chi connectivity index (χ0v) is 6.26. The first-order chi connectivity index (χ1) is 4.84. The summed E-state index contributed by atoms with van der Waals surface area (Å²) >= 11 is 0. The number of hydrogen-bond acceptors (Lipinski definition) is 1. The van der Waals surface area contributed by atoms with Crippen LogP contribution in [0.15, 0.2) is 23.3 Å². The van der Waals surface area contributed by atoms with Gasteiger partial charge in [0.25, 0.3) is 0 Å². The van der Waals surface area contributed by atoms with Crippen LogP contribution in [0.2, 0.25) is 0 Å². The molecule has 0 amide bonds. The van der Waals surface area contributed by atoms with Crippen LogP contribution in [-0.4, -0.2) is 6.29 Å². The molecule has 0 saturated heterocycles. The highest BCUT2D eigenvalue weighted by molar-refractivity contribution is 5.68. The van der Waals surface area contributed by atoms with Crippen molar-refractivity contribution >= 4 is 6.29 Å². The number of rotatable bonds is 1. The van der Waals surface area contributed by atoms with Gasteiger partial charge in [-0.25, -0.2) is 0 Å². The van der Waals surface area contributed by atoms with Crippen LogP contribution in [0.4, 0.5) is 0 Å². The van der Waals surface area contributed by atoms with Crippen molar-refractivity contribution in [1.82, 2.24) is 0 Å². The van der Waals surface area contributed by atoms with E-state index in [1.807, 2.05) is 0 Å². The van der Waals surface area contributed by atoms with E-state index in [0.29, 0.717) is 0 Å². The molecule has 0 saturated carbocycles. The molecule has 0 spiro atoms. The molecule has 10 heavy (non-hydrogen) atoms. The normalized spacial score (nSPS) is 22.5. The molecule has 0 heterocycles. The number of hydrogen-bond donors (Lipinski definition) is 0. The van der Waals surface area contributed by atoms with Gasteiger partial charge in [0.2, 0.25) is 0 Å². The first kappa shape index (κ1) is 7.26. The Bertz CT molecular complexity index is 187. The molecule has 0 aromatic heterocycles. The van der Waals surface area contributed by atoms with Crippen molar-refractivity contribution in [3.63, 3.8) is 0 Å². The number of carbonyl (C=O) groups excluding carboxylic acids is 1. The summed E-state index contributed by atoms with van der Waals surface area (Å²) in [4.78, 5) is 10.1. The first-order valence-corrected chi connectivity index (χ1v) is 3.66. The van der Waals surface area contributed by atoms with Gasteiger partial charge in [0.05, 0.1) is 0 Å². The van der Waals surface area contributed by atoms with Gasteiger partial charge >= 0.3 is 0 Å². The summed E-state index contributed by atoms with van der Waals surface area (Å²) in [6, 6.07) is 0. The maximum atomic E-state index is 10.1. The Hall–Kier alpha value is -0.850. The zero-order chi connectivity index (χ0) is 7.40. The maximum Gasteiger partial charge on any atom is 0.143 e. The van der Waals surface area contributed by atoms with Crippen LogP contribution in [-0.2, 0) is 4.79 Å². The second kappa shape index (κ2) is 3.35. The third-order valence-electron chi connectivity index (χ3n) is 1.88. The molecule has 1 aliphatic rings. The average Bonchev–Trinajstić information content (AvgIpc) is 1.94. The third kappa shape index (κ3) is 1.56. The molecule has 1 nitrogen and oxygen atoms in total. The number of carbonyl (C=O) groups is 1. The quantitative estimate of drug-likeness (QED) is 0.399. The van der Waals surface area contributed by atoms with E-state index in [1.165, 1.54) is 24.0 Å². The predicted molar refractivity (Wildman–Crippen MR) is 41.8 cm³/mol. The minimum Gasteiger partial charge on any atom is -0.299 e. The Labute approximate surface area is 61.4 Å². The van der Waals surface area contributed by atoms with E-state index in [-0.39, 0.29) is 0 Å². The van der Waals surface area contributed by atoms with E-state index in [0.717, 1.165) is 12.7 Å². The van der Waals surface area contributed by atoms with E-state index in [2.05, 4.69) is 13.0 Å². The lowest BCUT2D eigenvalue weighted by Crippen LogP contribution is -1.93. The topological polar surface area (TPSA) is 17.1 Å². The Morgan fingerprint density at radius 3 is 3.00 bits per heavy atom. The molecular formula is C9H12O. The Balaban J connectivity index is 2.76. The summed E-state index contributed by atoms with van der Waals surface area (Å²) in [5.74, 6) is 0. The molecule has 0 N–H and O–H groups in total. The molecule has 54 valence electrons. The van der Waals surface area contributed by atoms with Gasteiger partial charge in [0.1, 0.15) is 6.29 Å². The van der Waals surface area contributed by atoms with Gasteiger partial charge in [0.15, 0.2) is 0 Å². The first-order valence-electron chi connectivity index (χ1n) is 3.66. The Kier molecular flexibility index (Phi) is 2.43. The van der Waals surface area contributed by atoms with Crippen LogP contribution in [0, 0.1) is 0 Å². The van der Waals surface area contributed by atoms with E-state index in [4.69, 9.17) is 0 Å². The summed E-state index contributed by atoms with van der Waals surface area (Å²) in [6.07, 6.45) is 8.17. The maximum absolute atomic E-state index is 10.1. The van der Waals surface area contributed by atoms with Gasteiger partial charge in [-0.05, 0) is 37.8 Å². The van der Waals surface area contributed by atoms with Gasteiger partial charge in [-0.2, -0.15) is 0 Å². The van der Waals surface area contributed by atoms with Crippen molar-refractivity contribution in [2.75, 3.05) is 0 Å². The molecular weight excluding hydrogens is 124 g/mol. The molecule has 0 fully saturated rings. The molecule has 1 heteroatoms. The Morgan fingerprint density at radius 1 is 1.60 bits per heavy atom. The fourth-order valence-corrected chi connectivity index (χ4v) is 1.24. The lowest BCUT2D eigenvalue weighted by molar-refractivity contribution is -0.104. The van der Waals surface area contributed by atoms with Crippen LogP contribution < -0.4 is 0 Å². The Morgan fingerprint density at radius 2 is 2.40 bits per heavy atom. The molecule has 1 rings (SSSR count). The smallest absolute Gasteiger partial charge is 0.143 e. The molecule has 0 aliphatic heterocycles. The lowest BCUT2D eigenvalue weighted by Gasteiger charge is -2.11. The SMILES string of the molecule is CC1=CCCC/C1=C\C=O. The van der Waals surface area contributed by atoms with Crippen molar-refractivity contribution in [3.05, 3.63) is 23.3 Å². The van der Waals surface area contributed by atoms with Crippen molar-refractivity contribution < 1.29 is 4.79 Å². The van der Waals surface area contributed by atoms with E-state index in [1.54, 1.807) is 6.08 Å². The summed E-state index contributed by atoms with van der Waals surface area (Å²) in [7, 11) is 0. The number of allylic oxidation sites excluding steroid dienone is 4.